The smallest absolute Gasteiger partial charge is 0.251 e. The van der Waals surface area contributed by atoms with Crippen LogP contribution in [0.3, 0.4) is 0 Å². The van der Waals surface area contributed by atoms with Crippen LogP contribution < -0.4 is 19.5 Å². The summed E-state index contributed by atoms with van der Waals surface area (Å²) in [6.07, 6.45) is 2.44. The molecule has 2 aromatic carbocycles. The maximum atomic E-state index is 12.6. The number of aromatic nitrogens is 2. The molecule has 0 fully saturated rings. The van der Waals surface area contributed by atoms with Gasteiger partial charge in [-0.15, -0.1) is 6.58 Å². The lowest BCUT2D eigenvalue weighted by Crippen LogP contribution is -2.26. The molecule has 0 aliphatic carbocycles. The molecular formula is C22H25N3O4. The molecule has 7 heteroatoms. The van der Waals surface area contributed by atoms with Crippen LogP contribution in [0.4, 0.5) is 0 Å². The van der Waals surface area contributed by atoms with Crippen molar-refractivity contribution in [3.63, 3.8) is 0 Å². The van der Waals surface area contributed by atoms with Crippen molar-refractivity contribution >= 4 is 16.9 Å². The Labute approximate surface area is 169 Å². The Bertz CT molecular complexity index is 1000. The quantitative estimate of drug-likeness (QED) is 0.563. The molecule has 0 radical (unpaired) electrons. The van der Waals surface area contributed by atoms with Gasteiger partial charge in [0.05, 0.1) is 32.4 Å². The van der Waals surface area contributed by atoms with Crippen molar-refractivity contribution in [2.75, 3.05) is 27.9 Å². The average Bonchev–Trinajstić information content (AvgIpc) is 3.10. The molecule has 1 aromatic heterocycles. The molecule has 0 spiro atoms. The number of ether oxygens (including phenoxy) is 3. The van der Waals surface area contributed by atoms with Crippen molar-refractivity contribution < 1.29 is 19.0 Å². The number of fused-ring (bicyclic) bond motifs is 1. The third-order valence-electron chi connectivity index (χ3n) is 4.61. The predicted molar refractivity (Wildman–Crippen MR) is 112 cm³/mol. The summed E-state index contributed by atoms with van der Waals surface area (Å²) in [5, 5.41) is 2.93. The number of carbonyl (C=O) groups is 1. The number of para-hydroxylation sites is 2. The van der Waals surface area contributed by atoms with Crippen LogP contribution in [0.1, 0.15) is 16.2 Å². The van der Waals surface area contributed by atoms with Crippen LogP contribution in [-0.2, 0) is 13.0 Å². The molecule has 29 heavy (non-hydrogen) atoms. The fourth-order valence-electron chi connectivity index (χ4n) is 3.25. The zero-order valence-electron chi connectivity index (χ0n) is 16.9. The van der Waals surface area contributed by atoms with Crippen molar-refractivity contribution in [2.24, 2.45) is 0 Å². The van der Waals surface area contributed by atoms with Gasteiger partial charge in [0.15, 0.2) is 11.5 Å². The SMILES string of the molecule is C=CCn1c(CCNC(=O)c2cc(OC)c(OC)c(OC)c2)nc2ccccc21. The minimum Gasteiger partial charge on any atom is -0.493 e. The fourth-order valence-corrected chi connectivity index (χ4v) is 3.25. The lowest BCUT2D eigenvalue weighted by atomic mass is 10.1. The highest BCUT2D eigenvalue weighted by atomic mass is 16.5. The molecule has 0 saturated heterocycles. The van der Waals surface area contributed by atoms with E-state index >= 15 is 0 Å². The van der Waals surface area contributed by atoms with Crippen LogP contribution in [0.25, 0.3) is 11.0 Å². The van der Waals surface area contributed by atoms with E-state index < -0.39 is 0 Å². The second-order valence-electron chi connectivity index (χ2n) is 6.34. The summed E-state index contributed by atoms with van der Waals surface area (Å²) in [5.41, 5.74) is 2.41. The monoisotopic (exact) mass is 395 g/mol. The van der Waals surface area contributed by atoms with Gasteiger partial charge in [-0.1, -0.05) is 18.2 Å². The molecule has 7 nitrogen and oxygen atoms in total. The number of methoxy groups -OCH3 is 3. The van der Waals surface area contributed by atoms with E-state index in [1.165, 1.54) is 21.3 Å². The van der Waals surface area contributed by atoms with Gasteiger partial charge in [0.1, 0.15) is 5.82 Å². The summed E-state index contributed by atoms with van der Waals surface area (Å²) in [4.78, 5) is 17.3. The molecule has 0 unspecified atom stereocenters. The molecule has 0 aliphatic rings. The average molecular weight is 395 g/mol. The number of amides is 1. The highest BCUT2D eigenvalue weighted by molar-refractivity contribution is 5.95. The van der Waals surface area contributed by atoms with E-state index in [0.29, 0.717) is 42.3 Å². The van der Waals surface area contributed by atoms with Gasteiger partial charge in [-0.05, 0) is 24.3 Å². The van der Waals surface area contributed by atoms with Crippen LogP contribution in [0.5, 0.6) is 17.2 Å². The minimum atomic E-state index is -0.226. The summed E-state index contributed by atoms with van der Waals surface area (Å²) in [5.74, 6) is 1.99. The van der Waals surface area contributed by atoms with Gasteiger partial charge in [0.25, 0.3) is 5.91 Å². The molecule has 3 aromatic rings. The summed E-state index contributed by atoms with van der Waals surface area (Å²) in [7, 11) is 4.56. The van der Waals surface area contributed by atoms with Crippen molar-refractivity contribution in [3.8, 4) is 17.2 Å². The Balaban J connectivity index is 1.74. The van der Waals surface area contributed by atoms with Gasteiger partial charge in [-0.2, -0.15) is 0 Å². The van der Waals surface area contributed by atoms with E-state index in [0.717, 1.165) is 16.9 Å². The van der Waals surface area contributed by atoms with Crippen LogP contribution in [0, 0.1) is 0 Å². The highest BCUT2D eigenvalue weighted by Gasteiger charge is 2.17. The van der Waals surface area contributed by atoms with Crippen LogP contribution in [0.15, 0.2) is 49.1 Å². The molecule has 0 bridgehead atoms. The van der Waals surface area contributed by atoms with Crippen LogP contribution in [-0.4, -0.2) is 43.3 Å². The lowest BCUT2D eigenvalue weighted by Gasteiger charge is -2.14. The standard InChI is InChI=1S/C22H25N3O4/c1-5-12-25-17-9-7-6-8-16(17)24-20(25)10-11-23-22(26)15-13-18(27-2)21(29-4)19(14-15)28-3/h5-9,13-14H,1,10-12H2,2-4H3,(H,23,26). The first-order valence-electron chi connectivity index (χ1n) is 9.26. The number of benzene rings is 2. The number of allylic oxidation sites excluding steroid dienone is 1. The predicted octanol–water partition coefficient (Wildman–Crippen LogP) is 3.22. The number of rotatable bonds is 9. The molecule has 1 amide bonds. The molecule has 152 valence electrons. The van der Waals surface area contributed by atoms with Crippen molar-refractivity contribution in [2.45, 2.75) is 13.0 Å². The number of hydrogen-bond donors (Lipinski definition) is 1. The minimum absolute atomic E-state index is 0.226. The number of carbonyl (C=O) groups excluding carboxylic acids is 1. The fraction of sp³-hybridized carbons (Fsp3) is 0.273. The Morgan fingerprint density at radius 2 is 1.83 bits per heavy atom. The first kappa shape index (κ1) is 20.3. The van der Waals surface area contributed by atoms with E-state index in [1.807, 2.05) is 30.3 Å². The Hall–Kier alpha value is -3.48. The number of hydrogen-bond acceptors (Lipinski definition) is 5. The van der Waals surface area contributed by atoms with E-state index in [4.69, 9.17) is 14.2 Å². The second-order valence-corrected chi connectivity index (χ2v) is 6.34. The van der Waals surface area contributed by atoms with Gasteiger partial charge in [0.2, 0.25) is 5.75 Å². The molecule has 1 heterocycles. The maximum absolute atomic E-state index is 12.6. The summed E-state index contributed by atoms with van der Waals surface area (Å²) < 4.78 is 18.0. The van der Waals surface area contributed by atoms with Gasteiger partial charge < -0.3 is 24.1 Å². The third-order valence-corrected chi connectivity index (χ3v) is 4.61. The summed E-state index contributed by atoms with van der Waals surface area (Å²) >= 11 is 0. The second kappa shape index (κ2) is 9.14. The zero-order valence-corrected chi connectivity index (χ0v) is 16.9. The molecule has 0 aliphatic heterocycles. The molecule has 0 atom stereocenters. The molecule has 0 saturated carbocycles. The van der Waals surface area contributed by atoms with E-state index in [-0.39, 0.29) is 5.91 Å². The van der Waals surface area contributed by atoms with Crippen LogP contribution >= 0.6 is 0 Å². The topological polar surface area (TPSA) is 74.6 Å². The third kappa shape index (κ3) is 4.18. The van der Waals surface area contributed by atoms with Crippen molar-refractivity contribution in [1.82, 2.24) is 14.9 Å². The lowest BCUT2D eigenvalue weighted by molar-refractivity contribution is 0.0953. The Morgan fingerprint density at radius 3 is 2.45 bits per heavy atom. The van der Waals surface area contributed by atoms with Gasteiger partial charge >= 0.3 is 0 Å². The van der Waals surface area contributed by atoms with Gasteiger partial charge in [-0.3, -0.25) is 4.79 Å². The Morgan fingerprint density at radius 1 is 1.14 bits per heavy atom. The normalized spacial score (nSPS) is 10.6. The van der Waals surface area contributed by atoms with Gasteiger partial charge in [-0.25, -0.2) is 4.98 Å². The highest BCUT2D eigenvalue weighted by Crippen LogP contribution is 2.38. The van der Waals surface area contributed by atoms with E-state index in [1.54, 1.807) is 12.1 Å². The van der Waals surface area contributed by atoms with Crippen molar-refractivity contribution in [3.05, 3.63) is 60.4 Å². The van der Waals surface area contributed by atoms with E-state index in [9.17, 15) is 4.79 Å². The van der Waals surface area contributed by atoms with Gasteiger partial charge in [0, 0.05) is 25.1 Å². The largest absolute Gasteiger partial charge is 0.493 e. The van der Waals surface area contributed by atoms with Crippen LogP contribution in [0.2, 0.25) is 0 Å². The number of nitrogens with zero attached hydrogens (tertiary/aromatic N) is 2. The number of nitrogens with one attached hydrogen (secondary N) is 1. The summed E-state index contributed by atoms with van der Waals surface area (Å²) in [6, 6.07) is 11.2. The summed E-state index contributed by atoms with van der Waals surface area (Å²) in [6.45, 7) is 4.93. The van der Waals surface area contributed by atoms with E-state index in [2.05, 4.69) is 21.4 Å². The van der Waals surface area contributed by atoms with Crippen molar-refractivity contribution in [1.29, 1.82) is 0 Å². The first-order valence-corrected chi connectivity index (χ1v) is 9.26. The zero-order chi connectivity index (χ0) is 20.8. The molecule has 3 rings (SSSR count). The maximum Gasteiger partial charge on any atom is 0.251 e. The molecular weight excluding hydrogens is 370 g/mol. The Kier molecular flexibility index (Phi) is 6.39. The number of imidazole rings is 1. The first-order chi connectivity index (χ1) is 14.1. The molecule has 1 N–H and O–H groups in total.